The van der Waals surface area contributed by atoms with Crippen molar-refractivity contribution in [3.8, 4) is 5.75 Å². The number of pyridine rings is 1. The molecule has 152 valence electrons. The minimum atomic E-state index is -3.94. The summed E-state index contributed by atoms with van der Waals surface area (Å²) in [5.41, 5.74) is -0.363. The predicted octanol–water partition coefficient (Wildman–Crippen LogP) is 0.501. The lowest BCUT2D eigenvalue weighted by Gasteiger charge is -2.34. The number of rotatable bonds is 5. The maximum atomic E-state index is 12.7. The van der Waals surface area contributed by atoms with E-state index >= 15 is 0 Å². The number of nitrogens with zero attached hydrogens (tertiary/aromatic N) is 3. The molecule has 0 spiro atoms. The third kappa shape index (κ3) is 3.31. The van der Waals surface area contributed by atoms with E-state index in [2.05, 4.69) is 9.88 Å². The van der Waals surface area contributed by atoms with Gasteiger partial charge in [0.05, 0.1) is 6.54 Å². The van der Waals surface area contributed by atoms with E-state index in [1.807, 2.05) is 13.8 Å². The van der Waals surface area contributed by atoms with E-state index < -0.39 is 27.1 Å². The third-order valence-corrected chi connectivity index (χ3v) is 6.35. The Morgan fingerprint density at radius 2 is 1.96 bits per heavy atom. The predicted molar refractivity (Wildman–Crippen MR) is 98.5 cm³/mol. The van der Waals surface area contributed by atoms with Crippen LogP contribution in [0, 0.1) is 13.8 Å². The van der Waals surface area contributed by atoms with Crippen LogP contribution in [-0.2, 0) is 23.1 Å². The molecule has 2 N–H and O–H groups in total. The summed E-state index contributed by atoms with van der Waals surface area (Å²) in [6.45, 7) is 7.15. The van der Waals surface area contributed by atoms with Crippen LogP contribution in [0.15, 0.2) is 20.3 Å². The van der Waals surface area contributed by atoms with Gasteiger partial charge in [-0.3, -0.25) is 9.59 Å². The molecule has 28 heavy (non-hydrogen) atoms. The van der Waals surface area contributed by atoms with Gasteiger partial charge < -0.3 is 19.1 Å². The Bertz CT molecular complexity index is 1080. The molecule has 0 aliphatic carbocycles. The highest BCUT2D eigenvalue weighted by atomic mass is 32.2. The fraction of sp³-hybridized carbons (Fsp3) is 0.471. The zero-order valence-corrected chi connectivity index (χ0v) is 16.8. The van der Waals surface area contributed by atoms with Crippen molar-refractivity contribution < 1.29 is 22.8 Å². The molecule has 1 aliphatic heterocycles. The largest absolute Gasteiger partial charge is 0.503 e. The van der Waals surface area contributed by atoms with Gasteiger partial charge in [-0.05, 0) is 27.7 Å². The fourth-order valence-corrected chi connectivity index (χ4v) is 4.67. The Labute approximate surface area is 161 Å². The maximum Gasteiger partial charge on any atom is 0.274 e. The van der Waals surface area contributed by atoms with Gasteiger partial charge in [0, 0.05) is 30.9 Å². The number of nitrogens with one attached hydrogen (secondary N) is 1. The van der Waals surface area contributed by atoms with E-state index in [9.17, 15) is 23.1 Å². The Morgan fingerprint density at radius 3 is 2.54 bits per heavy atom. The van der Waals surface area contributed by atoms with Gasteiger partial charge in [0.15, 0.2) is 17.2 Å². The Morgan fingerprint density at radius 1 is 1.29 bits per heavy atom. The van der Waals surface area contributed by atoms with Crippen LogP contribution in [0.25, 0.3) is 0 Å². The number of aromatic nitrogens is 2. The molecule has 3 heterocycles. The van der Waals surface area contributed by atoms with Crippen LogP contribution in [0.2, 0.25) is 0 Å². The van der Waals surface area contributed by atoms with E-state index in [4.69, 9.17) is 4.52 Å². The first-order valence-corrected chi connectivity index (χ1v) is 10.2. The summed E-state index contributed by atoms with van der Waals surface area (Å²) in [5.74, 6) is -0.948. The van der Waals surface area contributed by atoms with E-state index in [0.29, 0.717) is 13.1 Å². The normalized spacial score (nSPS) is 14.6. The van der Waals surface area contributed by atoms with Gasteiger partial charge >= 0.3 is 0 Å². The number of aromatic hydroxyl groups is 1. The van der Waals surface area contributed by atoms with Crippen molar-refractivity contribution in [3.05, 3.63) is 39.1 Å². The molecule has 0 saturated heterocycles. The van der Waals surface area contributed by atoms with Gasteiger partial charge in [0.1, 0.15) is 10.6 Å². The van der Waals surface area contributed by atoms with Crippen LogP contribution in [0.1, 0.15) is 41.5 Å². The summed E-state index contributed by atoms with van der Waals surface area (Å²) >= 11 is 0. The first kappa shape index (κ1) is 20.1. The highest BCUT2D eigenvalue weighted by Crippen LogP contribution is 2.23. The second-order valence-corrected chi connectivity index (χ2v) is 8.62. The summed E-state index contributed by atoms with van der Waals surface area (Å²) < 4.78 is 34.0. The van der Waals surface area contributed by atoms with Crippen LogP contribution in [0.3, 0.4) is 0 Å². The number of aryl methyl sites for hydroxylation is 2. The molecule has 0 saturated carbocycles. The Kier molecular flexibility index (Phi) is 5.06. The molecule has 0 fully saturated rings. The lowest BCUT2D eigenvalue weighted by Crippen LogP contribution is -2.46. The fourth-order valence-electron chi connectivity index (χ4n) is 3.34. The molecule has 0 unspecified atom stereocenters. The zero-order chi connectivity index (χ0) is 20.8. The molecule has 3 rings (SSSR count). The van der Waals surface area contributed by atoms with Gasteiger partial charge in [-0.1, -0.05) is 5.16 Å². The van der Waals surface area contributed by atoms with Gasteiger partial charge in [-0.25, -0.2) is 13.1 Å². The molecule has 11 heteroatoms. The van der Waals surface area contributed by atoms with Gasteiger partial charge in [0.25, 0.3) is 5.91 Å². The van der Waals surface area contributed by atoms with Gasteiger partial charge in [-0.2, -0.15) is 0 Å². The smallest absolute Gasteiger partial charge is 0.274 e. The quantitative estimate of drug-likeness (QED) is 0.733. The molecule has 0 radical (unpaired) electrons. The van der Waals surface area contributed by atoms with Crippen molar-refractivity contribution in [2.24, 2.45) is 0 Å². The Hall–Kier alpha value is -2.66. The molecule has 0 bridgehead atoms. The van der Waals surface area contributed by atoms with Crippen molar-refractivity contribution in [2.75, 3.05) is 6.54 Å². The molecular weight excluding hydrogens is 388 g/mol. The molecule has 1 aliphatic rings. The topological polar surface area (TPSA) is 135 Å². The lowest BCUT2D eigenvalue weighted by atomic mass is 10.1. The first-order chi connectivity index (χ1) is 13.0. The first-order valence-electron chi connectivity index (χ1n) is 8.73. The molecule has 1 amide bonds. The van der Waals surface area contributed by atoms with Crippen LogP contribution < -0.4 is 10.2 Å². The molecule has 2 aromatic rings. The number of hydrogen-bond acceptors (Lipinski definition) is 7. The standard InChI is InChI=1S/C17H22N4O6S/c1-9(2)20-5-6-21-12(7-13(22)15(23)14(21)17(20)24)8-18-28(25,26)16-10(3)19-27-11(16)4/h7,9,18,23H,5-6,8H2,1-4H3. The number of hydrogen-bond donors (Lipinski definition) is 2. The molecular formula is C17H22N4O6S. The molecule has 10 nitrogen and oxygen atoms in total. The molecule has 0 aromatic carbocycles. The summed E-state index contributed by atoms with van der Waals surface area (Å²) in [4.78, 5) is 26.4. The number of carbonyl (C=O) groups excluding carboxylic acids is 1. The number of fused-ring (bicyclic) bond motifs is 1. The minimum absolute atomic E-state index is 0.0606. The zero-order valence-electron chi connectivity index (χ0n) is 16.0. The summed E-state index contributed by atoms with van der Waals surface area (Å²) in [5, 5.41) is 13.8. The summed E-state index contributed by atoms with van der Waals surface area (Å²) in [6.07, 6.45) is 0. The van der Waals surface area contributed by atoms with Crippen molar-refractivity contribution in [3.63, 3.8) is 0 Å². The molecule has 2 aromatic heterocycles. The number of amides is 1. The van der Waals surface area contributed by atoms with Crippen molar-refractivity contribution >= 4 is 15.9 Å². The van der Waals surface area contributed by atoms with Crippen molar-refractivity contribution in [2.45, 2.75) is 51.7 Å². The van der Waals surface area contributed by atoms with E-state index in [1.165, 1.54) is 18.4 Å². The molecule has 0 atom stereocenters. The van der Waals surface area contributed by atoms with Gasteiger partial charge in [0.2, 0.25) is 15.5 Å². The van der Waals surface area contributed by atoms with Crippen LogP contribution in [0.5, 0.6) is 5.75 Å². The SMILES string of the molecule is Cc1noc(C)c1S(=O)(=O)NCc1cc(=O)c(O)c2n1CCN(C(C)C)C2=O. The number of sulfonamides is 1. The van der Waals surface area contributed by atoms with Gasteiger partial charge in [-0.15, -0.1) is 0 Å². The second-order valence-electron chi connectivity index (χ2n) is 6.92. The highest BCUT2D eigenvalue weighted by Gasteiger charge is 2.32. The van der Waals surface area contributed by atoms with Crippen molar-refractivity contribution in [1.29, 1.82) is 0 Å². The highest BCUT2D eigenvalue weighted by molar-refractivity contribution is 7.89. The maximum absolute atomic E-state index is 12.7. The summed E-state index contributed by atoms with van der Waals surface area (Å²) in [7, 11) is -3.94. The average Bonchev–Trinajstić information content (AvgIpc) is 2.95. The van der Waals surface area contributed by atoms with E-state index in [1.54, 1.807) is 4.90 Å². The van der Waals surface area contributed by atoms with E-state index in [0.717, 1.165) is 6.07 Å². The Balaban J connectivity index is 1.98. The van der Waals surface area contributed by atoms with Crippen LogP contribution >= 0.6 is 0 Å². The van der Waals surface area contributed by atoms with Crippen molar-refractivity contribution in [1.82, 2.24) is 19.3 Å². The summed E-state index contributed by atoms with van der Waals surface area (Å²) in [6, 6.07) is 1.03. The minimum Gasteiger partial charge on any atom is -0.503 e. The van der Waals surface area contributed by atoms with Crippen LogP contribution in [-0.4, -0.2) is 46.6 Å². The van der Waals surface area contributed by atoms with E-state index in [-0.39, 0.29) is 40.3 Å². The number of carbonyl (C=O) groups is 1. The monoisotopic (exact) mass is 410 g/mol. The van der Waals surface area contributed by atoms with Crippen LogP contribution in [0.4, 0.5) is 0 Å². The second kappa shape index (κ2) is 7.06. The lowest BCUT2D eigenvalue weighted by molar-refractivity contribution is 0.0639. The average molecular weight is 410 g/mol. The third-order valence-electron chi connectivity index (χ3n) is 4.70.